The van der Waals surface area contributed by atoms with Crippen molar-refractivity contribution in [2.45, 2.75) is 76.9 Å². The van der Waals surface area contributed by atoms with Crippen molar-refractivity contribution in [3.8, 4) is 0 Å². The number of nitrogens with one attached hydrogen (secondary N) is 2. The molecule has 1 saturated heterocycles. The molecule has 0 radical (unpaired) electrons. The Kier molecular flexibility index (Phi) is 11.4. The van der Waals surface area contributed by atoms with Crippen LogP contribution in [0.2, 0.25) is 5.02 Å². The summed E-state index contributed by atoms with van der Waals surface area (Å²) in [7, 11) is 0. The van der Waals surface area contributed by atoms with Crippen LogP contribution < -0.4 is 10.6 Å². The lowest BCUT2D eigenvalue weighted by atomic mass is 9.93. The number of hydrogen-bond donors (Lipinski definition) is 2. The van der Waals surface area contributed by atoms with Crippen LogP contribution in [0.1, 0.15) is 57.3 Å². The molecule has 0 spiro atoms. The highest BCUT2D eigenvalue weighted by atomic mass is 35.5. The molecule has 0 aliphatic carbocycles. The molecule has 6 atom stereocenters. The van der Waals surface area contributed by atoms with E-state index in [-0.39, 0.29) is 56.3 Å². The van der Waals surface area contributed by atoms with E-state index in [0.29, 0.717) is 5.02 Å². The van der Waals surface area contributed by atoms with E-state index in [1.807, 2.05) is 51.1 Å². The van der Waals surface area contributed by atoms with Crippen LogP contribution in [0.4, 0.5) is 0 Å². The number of carbonyl (C=O) groups excluding carboxylic acids is 4. The van der Waals surface area contributed by atoms with Gasteiger partial charge in [0.15, 0.2) is 6.10 Å². The fourth-order valence-electron chi connectivity index (χ4n) is 5.08. The van der Waals surface area contributed by atoms with Gasteiger partial charge >= 0.3 is 11.9 Å². The van der Waals surface area contributed by atoms with E-state index < -0.39 is 42.0 Å². The van der Waals surface area contributed by atoms with Gasteiger partial charge in [-0.25, -0.2) is 4.79 Å². The number of amides is 2. The van der Waals surface area contributed by atoms with Gasteiger partial charge in [-0.3, -0.25) is 14.4 Å². The third-order valence-corrected chi connectivity index (χ3v) is 7.75. The van der Waals surface area contributed by atoms with Crippen LogP contribution in [-0.4, -0.2) is 54.7 Å². The Labute approximate surface area is 257 Å². The molecule has 2 heterocycles. The fraction of sp³-hybridized carbons (Fsp3) is 0.455. The van der Waals surface area contributed by atoms with Gasteiger partial charge in [0.2, 0.25) is 11.8 Å². The average molecular weight is 611 g/mol. The van der Waals surface area contributed by atoms with Crippen molar-refractivity contribution in [2.75, 3.05) is 6.54 Å². The highest BCUT2D eigenvalue weighted by Crippen LogP contribution is 2.45. The Balaban J connectivity index is 1.54. The molecular formula is C33H39ClN2O7. The number of benzene rings is 2. The predicted molar refractivity (Wildman–Crippen MR) is 161 cm³/mol. The van der Waals surface area contributed by atoms with Crippen molar-refractivity contribution in [1.82, 2.24) is 10.6 Å². The van der Waals surface area contributed by atoms with E-state index in [4.69, 9.17) is 25.8 Å². The van der Waals surface area contributed by atoms with E-state index in [2.05, 4.69) is 10.6 Å². The molecule has 0 bridgehead atoms. The first kappa shape index (κ1) is 32.2. The zero-order chi connectivity index (χ0) is 30.9. The maximum absolute atomic E-state index is 13.3. The van der Waals surface area contributed by atoms with Crippen LogP contribution in [0, 0.1) is 11.8 Å². The SMILES string of the molecule is CC(C)C[C@@H]1OC(=O)CCNC(=O)[C@@H](Cc2ccc(Cl)cc2)NC(=O)/C=C/C[C@@H]([C@H](C)[C@H]2O[C@@H]2c2ccccc2)OC1=O. The molecule has 2 aliphatic rings. The Bertz CT molecular complexity index is 1300. The fourth-order valence-corrected chi connectivity index (χ4v) is 5.21. The van der Waals surface area contributed by atoms with Crippen molar-refractivity contribution in [3.05, 3.63) is 82.9 Å². The second kappa shape index (κ2) is 15.2. The molecule has 4 rings (SSSR count). The molecule has 0 aromatic heterocycles. The molecule has 2 N–H and O–H groups in total. The topological polar surface area (TPSA) is 123 Å². The van der Waals surface area contributed by atoms with Gasteiger partial charge < -0.3 is 24.8 Å². The minimum absolute atomic E-state index is 0.0243. The maximum atomic E-state index is 13.3. The number of rotatable bonds is 7. The lowest BCUT2D eigenvalue weighted by Gasteiger charge is -2.26. The highest BCUT2D eigenvalue weighted by Gasteiger charge is 2.47. The van der Waals surface area contributed by atoms with E-state index in [1.165, 1.54) is 6.08 Å². The summed E-state index contributed by atoms with van der Waals surface area (Å²) in [5, 5.41) is 6.00. The first-order valence-corrected chi connectivity index (χ1v) is 15.1. The molecule has 1 fully saturated rings. The molecule has 10 heteroatoms. The number of halogens is 1. The van der Waals surface area contributed by atoms with Crippen molar-refractivity contribution >= 4 is 35.4 Å². The number of epoxide rings is 1. The molecule has 0 unspecified atom stereocenters. The van der Waals surface area contributed by atoms with Crippen molar-refractivity contribution in [3.63, 3.8) is 0 Å². The first-order chi connectivity index (χ1) is 20.6. The lowest BCUT2D eigenvalue weighted by Crippen LogP contribution is -2.48. The van der Waals surface area contributed by atoms with Crippen LogP contribution in [-0.2, 0) is 39.8 Å². The summed E-state index contributed by atoms with van der Waals surface area (Å²) in [5.41, 5.74) is 1.84. The third kappa shape index (κ3) is 9.66. The monoisotopic (exact) mass is 610 g/mol. The number of hydrogen-bond acceptors (Lipinski definition) is 7. The minimum atomic E-state index is -1.10. The molecule has 9 nitrogen and oxygen atoms in total. The Morgan fingerprint density at radius 3 is 2.37 bits per heavy atom. The average Bonchev–Trinajstić information content (AvgIpc) is 3.77. The maximum Gasteiger partial charge on any atom is 0.347 e. The summed E-state index contributed by atoms with van der Waals surface area (Å²) in [5.74, 6) is -2.36. The molecule has 2 aliphatic heterocycles. The van der Waals surface area contributed by atoms with Crippen molar-refractivity contribution in [1.29, 1.82) is 0 Å². The Morgan fingerprint density at radius 1 is 0.953 bits per heavy atom. The standard InChI is InChI=1S/C33H39ClN2O7/c1-20(2)18-27-33(40)42-26(21(3)30-31(43-30)23-8-5-4-6-9-23)10-7-11-28(37)36-25(19-22-12-14-24(34)15-13-22)32(39)35-17-16-29(38)41-27/h4-9,11-15,20-21,25-27,30-31H,10,16-19H2,1-3H3,(H,35,39)(H,36,37)/b11-7+/t21-,25+,26-,27-,30+,31+/m0/s1. The van der Waals surface area contributed by atoms with Crippen molar-refractivity contribution in [2.24, 2.45) is 11.8 Å². The van der Waals surface area contributed by atoms with Gasteiger partial charge in [0.05, 0.1) is 12.5 Å². The van der Waals surface area contributed by atoms with Gasteiger partial charge in [-0.2, -0.15) is 0 Å². The van der Waals surface area contributed by atoms with Crippen LogP contribution in [0.15, 0.2) is 66.7 Å². The minimum Gasteiger partial charge on any atom is -0.459 e. The van der Waals surface area contributed by atoms with E-state index in [9.17, 15) is 19.2 Å². The van der Waals surface area contributed by atoms with E-state index in [0.717, 1.165) is 11.1 Å². The van der Waals surface area contributed by atoms with Crippen LogP contribution in [0.5, 0.6) is 0 Å². The van der Waals surface area contributed by atoms with Crippen LogP contribution in [0.25, 0.3) is 0 Å². The molecule has 2 aromatic rings. The van der Waals surface area contributed by atoms with Crippen molar-refractivity contribution < 1.29 is 33.4 Å². The summed E-state index contributed by atoms with van der Waals surface area (Å²) < 4.78 is 17.5. The largest absolute Gasteiger partial charge is 0.459 e. The summed E-state index contributed by atoms with van der Waals surface area (Å²) >= 11 is 6.00. The zero-order valence-corrected chi connectivity index (χ0v) is 25.4. The second-order valence-corrected chi connectivity index (χ2v) is 11.9. The van der Waals surface area contributed by atoms with Gasteiger partial charge in [-0.15, -0.1) is 0 Å². The Morgan fingerprint density at radius 2 is 1.67 bits per heavy atom. The summed E-state index contributed by atoms with van der Waals surface area (Å²) in [6, 6.07) is 15.9. The smallest absolute Gasteiger partial charge is 0.347 e. The van der Waals surface area contributed by atoms with Gasteiger partial charge in [-0.1, -0.05) is 80.9 Å². The van der Waals surface area contributed by atoms with Crippen LogP contribution >= 0.6 is 11.6 Å². The molecular weight excluding hydrogens is 572 g/mol. The Hall–Kier alpha value is -3.69. The molecule has 2 amide bonds. The molecule has 43 heavy (non-hydrogen) atoms. The van der Waals surface area contributed by atoms with E-state index >= 15 is 0 Å². The number of cyclic esters (lactones) is 2. The number of esters is 2. The molecule has 230 valence electrons. The molecule has 2 aromatic carbocycles. The summed E-state index contributed by atoms with van der Waals surface area (Å²) in [6.45, 7) is 5.76. The zero-order valence-electron chi connectivity index (χ0n) is 24.7. The number of carbonyl (C=O) groups is 4. The predicted octanol–water partition coefficient (Wildman–Crippen LogP) is 4.48. The van der Waals surface area contributed by atoms with Gasteiger partial charge in [0.1, 0.15) is 18.2 Å². The third-order valence-electron chi connectivity index (χ3n) is 7.50. The van der Waals surface area contributed by atoms with Gasteiger partial charge in [0.25, 0.3) is 0 Å². The quantitative estimate of drug-likeness (QED) is 0.350. The normalized spacial score (nSPS) is 27.0. The molecule has 0 saturated carbocycles. The van der Waals surface area contributed by atoms with Gasteiger partial charge in [0, 0.05) is 30.3 Å². The summed E-state index contributed by atoms with van der Waals surface area (Å²) in [4.78, 5) is 52.0. The summed E-state index contributed by atoms with van der Waals surface area (Å²) in [6.07, 6.45) is 1.48. The number of ether oxygens (including phenoxy) is 3. The second-order valence-electron chi connectivity index (χ2n) is 11.4. The first-order valence-electron chi connectivity index (χ1n) is 14.7. The van der Waals surface area contributed by atoms with Gasteiger partial charge in [-0.05, 0) is 41.7 Å². The van der Waals surface area contributed by atoms with Crippen LogP contribution in [0.3, 0.4) is 0 Å². The highest BCUT2D eigenvalue weighted by molar-refractivity contribution is 6.30. The van der Waals surface area contributed by atoms with E-state index in [1.54, 1.807) is 30.3 Å². The lowest BCUT2D eigenvalue weighted by molar-refractivity contribution is -0.174.